The van der Waals surface area contributed by atoms with E-state index >= 15 is 0 Å². The van der Waals surface area contributed by atoms with Gasteiger partial charge >= 0.3 is 0 Å². The number of ether oxygens (including phenoxy) is 1. The Morgan fingerprint density at radius 3 is 2.77 bits per heavy atom. The van der Waals surface area contributed by atoms with Gasteiger partial charge in [-0.2, -0.15) is 5.10 Å². The number of benzene rings is 1. The molecule has 0 unspecified atom stereocenters. The fraction of sp³-hybridized carbons (Fsp3) is 0.381. The molecule has 1 aliphatic rings. The third-order valence-corrected chi connectivity index (χ3v) is 5.65. The molecule has 30 heavy (non-hydrogen) atoms. The highest BCUT2D eigenvalue weighted by molar-refractivity contribution is 5.87. The third kappa shape index (κ3) is 3.34. The van der Waals surface area contributed by atoms with Gasteiger partial charge in [-0.3, -0.25) is 4.68 Å². The lowest BCUT2D eigenvalue weighted by Gasteiger charge is -2.33. The molecule has 0 amide bonds. The molecule has 1 saturated heterocycles. The first-order valence-electron chi connectivity index (χ1n) is 10.0. The molecule has 0 radical (unpaired) electrons. The molecule has 4 aromatic rings. The Bertz CT molecular complexity index is 1180. The van der Waals surface area contributed by atoms with Crippen molar-refractivity contribution in [2.24, 2.45) is 7.05 Å². The Morgan fingerprint density at radius 1 is 1.13 bits per heavy atom. The number of aryl methyl sites for hydroxylation is 1. The van der Waals surface area contributed by atoms with Gasteiger partial charge in [-0.15, -0.1) is 0 Å². The average Bonchev–Trinajstić information content (AvgIpc) is 3.33. The van der Waals surface area contributed by atoms with Crippen molar-refractivity contribution in [1.82, 2.24) is 24.3 Å². The number of nitrogens with zero attached hydrogens (tertiary/aromatic N) is 6. The van der Waals surface area contributed by atoms with Crippen LogP contribution in [0.2, 0.25) is 0 Å². The van der Waals surface area contributed by atoms with Gasteiger partial charge < -0.3 is 14.2 Å². The second kappa shape index (κ2) is 7.55. The Hall–Kier alpha value is -3.23. The molecule has 0 aliphatic carbocycles. The summed E-state index contributed by atoms with van der Waals surface area (Å²) in [6.07, 6.45) is 4.45. The molecule has 1 aromatic carbocycles. The van der Waals surface area contributed by atoms with Crippen LogP contribution >= 0.6 is 0 Å². The molecular weight excluding hydrogens is 390 g/mol. The highest BCUT2D eigenvalue weighted by Gasteiger charge is 2.24. The monoisotopic (exact) mass is 412 g/mol. The quantitative estimate of drug-likeness (QED) is 0.501. The van der Waals surface area contributed by atoms with E-state index in [4.69, 9.17) is 4.74 Å². The predicted molar refractivity (Wildman–Crippen MR) is 110 cm³/mol. The minimum absolute atomic E-state index is 0.0662. The standard InChI is InChI=1S/C21H22F2N6O/c1-27-20-16(11-26-27)21(25-13-24-20)28-8-5-14(6-9-28)30-18-4-2-3-17-15(18)7-10-29(17)12-19(22)23/h2-4,7,10-11,13-14,19H,5-6,8-9,12H2,1H3. The molecule has 1 fully saturated rings. The van der Waals surface area contributed by atoms with Crippen LogP contribution < -0.4 is 9.64 Å². The summed E-state index contributed by atoms with van der Waals surface area (Å²) < 4.78 is 35.2. The smallest absolute Gasteiger partial charge is 0.256 e. The highest BCUT2D eigenvalue weighted by Crippen LogP contribution is 2.31. The van der Waals surface area contributed by atoms with E-state index < -0.39 is 6.43 Å². The lowest BCUT2D eigenvalue weighted by Crippen LogP contribution is -2.38. The van der Waals surface area contributed by atoms with Crippen LogP contribution in [0.4, 0.5) is 14.6 Å². The zero-order valence-corrected chi connectivity index (χ0v) is 16.6. The first-order valence-corrected chi connectivity index (χ1v) is 10.0. The average molecular weight is 412 g/mol. The minimum atomic E-state index is -2.39. The van der Waals surface area contributed by atoms with Crippen LogP contribution in [0.25, 0.3) is 21.9 Å². The van der Waals surface area contributed by atoms with Gasteiger partial charge in [-0.25, -0.2) is 18.7 Å². The SMILES string of the molecule is Cn1ncc2c(N3CCC(Oc4cccc5c4ccn5CC(F)F)CC3)ncnc21. The number of aromatic nitrogens is 5. The fourth-order valence-corrected chi connectivity index (χ4v) is 4.17. The number of fused-ring (bicyclic) bond motifs is 2. The second-order valence-corrected chi connectivity index (χ2v) is 7.56. The Labute approximate surface area is 171 Å². The van der Waals surface area contributed by atoms with Gasteiger partial charge in [-0.1, -0.05) is 6.07 Å². The molecule has 156 valence electrons. The normalized spacial score (nSPS) is 15.5. The van der Waals surface area contributed by atoms with Crippen molar-refractivity contribution in [2.45, 2.75) is 31.9 Å². The van der Waals surface area contributed by atoms with E-state index in [1.54, 1.807) is 28.0 Å². The highest BCUT2D eigenvalue weighted by atomic mass is 19.3. The zero-order valence-electron chi connectivity index (χ0n) is 16.6. The van der Waals surface area contributed by atoms with Crippen molar-refractivity contribution >= 4 is 27.8 Å². The number of hydrogen-bond donors (Lipinski definition) is 0. The van der Waals surface area contributed by atoms with Crippen LogP contribution in [0.3, 0.4) is 0 Å². The summed E-state index contributed by atoms with van der Waals surface area (Å²) in [5.41, 5.74) is 1.59. The maximum Gasteiger partial charge on any atom is 0.256 e. The lowest BCUT2D eigenvalue weighted by molar-refractivity contribution is 0.128. The number of piperidine rings is 1. The van der Waals surface area contributed by atoms with Gasteiger partial charge in [0.25, 0.3) is 6.43 Å². The van der Waals surface area contributed by atoms with E-state index in [1.165, 1.54) is 0 Å². The van der Waals surface area contributed by atoms with E-state index in [1.807, 2.05) is 31.3 Å². The molecule has 0 N–H and O–H groups in total. The van der Waals surface area contributed by atoms with Crippen LogP contribution in [0, 0.1) is 0 Å². The van der Waals surface area contributed by atoms with Crippen molar-refractivity contribution in [3.63, 3.8) is 0 Å². The molecule has 0 spiro atoms. The summed E-state index contributed by atoms with van der Waals surface area (Å²) in [7, 11) is 1.87. The van der Waals surface area contributed by atoms with Crippen molar-refractivity contribution in [2.75, 3.05) is 18.0 Å². The molecule has 0 saturated carbocycles. The van der Waals surface area contributed by atoms with Crippen molar-refractivity contribution < 1.29 is 13.5 Å². The Kier molecular flexibility index (Phi) is 4.72. The molecule has 4 heterocycles. The molecule has 1 aliphatic heterocycles. The van der Waals surface area contributed by atoms with Gasteiger partial charge in [0.1, 0.15) is 24.0 Å². The first kappa shape index (κ1) is 18.8. The van der Waals surface area contributed by atoms with Crippen LogP contribution in [-0.2, 0) is 13.6 Å². The summed E-state index contributed by atoms with van der Waals surface area (Å²) in [5, 5.41) is 6.10. The Balaban J connectivity index is 1.30. The molecule has 9 heteroatoms. The van der Waals surface area contributed by atoms with E-state index in [0.29, 0.717) is 0 Å². The van der Waals surface area contributed by atoms with Gasteiger partial charge in [0.2, 0.25) is 0 Å². The maximum absolute atomic E-state index is 12.8. The number of rotatable bonds is 5. The van der Waals surface area contributed by atoms with Crippen LogP contribution in [-0.4, -0.2) is 49.9 Å². The van der Waals surface area contributed by atoms with E-state index in [-0.39, 0.29) is 12.6 Å². The summed E-state index contributed by atoms with van der Waals surface area (Å²) in [5.74, 6) is 1.65. The number of alkyl halides is 2. The molecule has 0 bridgehead atoms. The van der Waals surface area contributed by atoms with Gasteiger partial charge in [0, 0.05) is 44.6 Å². The number of halogens is 2. The summed E-state index contributed by atoms with van der Waals surface area (Å²) in [6.45, 7) is 1.31. The second-order valence-electron chi connectivity index (χ2n) is 7.56. The molecule has 5 rings (SSSR count). The fourth-order valence-electron chi connectivity index (χ4n) is 4.17. The summed E-state index contributed by atoms with van der Waals surface area (Å²) in [6, 6.07) is 7.46. The molecule has 3 aromatic heterocycles. The Morgan fingerprint density at radius 2 is 1.97 bits per heavy atom. The van der Waals surface area contributed by atoms with Crippen LogP contribution in [0.15, 0.2) is 43.0 Å². The number of hydrogen-bond acceptors (Lipinski definition) is 5. The first-order chi connectivity index (χ1) is 14.6. The van der Waals surface area contributed by atoms with Crippen molar-refractivity contribution in [3.8, 4) is 5.75 Å². The van der Waals surface area contributed by atoms with Crippen LogP contribution in [0.1, 0.15) is 12.8 Å². The van der Waals surface area contributed by atoms with Gasteiger partial charge in [0.05, 0.1) is 23.6 Å². The van der Waals surface area contributed by atoms with Crippen molar-refractivity contribution in [3.05, 3.63) is 43.0 Å². The molecule has 0 atom stereocenters. The minimum Gasteiger partial charge on any atom is -0.490 e. The molecular formula is C21H22F2N6O. The van der Waals surface area contributed by atoms with E-state index in [0.717, 1.165) is 59.4 Å². The molecule has 7 nitrogen and oxygen atoms in total. The van der Waals surface area contributed by atoms with Crippen LogP contribution in [0.5, 0.6) is 5.75 Å². The largest absolute Gasteiger partial charge is 0.490 e. The van der Waals surface area contributed by atoms with Gasteiger partial charge in [-0.05, 0) is 18.2 Å². The van der Waals surface area contributed by atoms with E-state index in [9.17, 15) is 8.78 Å². The van der Waals surface area contributed by atoms with Crippen molar-refractivity contribution in [1.29, 1.82) is 0 Å². The maximum atomic E-state index is 12.8. The lowest BCUT2D eigenvalue weighted by atomic mass is 10.1. The topological polar surface area (TPSA) is 61.0 Å². The van der Waals surface area contributed by atoms with E-state index in [2.05, 4.69) is 20.0 Å². The third-order valence-electron chi connectivity index (χ3n) is 5.65. The summed E-state index contributed by atoms with van der Waals surface area (Å²) in [4.78, 5) is 11.0. The summed E-state index contributed by atoms with van der Waals surface area (Å²) >= 11 is 0. The number of anilines is 1. The zero-order chi connectivity index (χ0) is 20.7. The predicted octanol–water partition coefficient (Wildman–Crippen LogP) is 3.63. The van der Waals surface area contributed by atoms with Gasteiger partial charge in [0.15, 0.2) is 5.65 Å².